The number of nitriles is 1. The Hall–Kier alpha value is -1.77. The summed E-state index contributed by atoms with van der Waals surface area (Å²) in [5, 5.41) is 17.1. The minimum atomic E-state index is -0.933. The van der Waals surface area contributed by atoms with Gasteiger partial charge in [0.05, 0.1) is 18.9 Å². The molecule has 0 aliphatic rings. The zero-order valence-electron chi connectivity index (χ0n) is 10.5. The van der Waals surface area contributed by atoms with Crippen LogP contribution in [0.2, 0.25) is 0 Å². The number of carboxylic acids is 1. The van der Waals surface area contributed by atoms with Crippen LogP contribution in [0.15, 0.2) is 0 Å². The smallest absolute Gasteiger partial charge is 0.320 e. The Morgan fingerprint density at radius 2 is 1.94 bits per heavy atom. The molecule has 0 saturated heterocycles. The fraction of sp³-hybridized carbons (Fsp3) is 0.727. The van der Waals surface area contributed by atoms with Crippen molar-refractivity contribution < 1.29 is 14.7 Å². The van der Waals surface area contributed by atoms with Gasteiger partial charge in [0.1, 0.15) is 0 Å². The number of amides is 2. The topological polar surface area (TPSA) is 84.6 Å². The van der Waals surface area contributed by atoms with Crippen molar-refractivity contribution in [1.82, 2.24) is 9.80 Å². The Bertz CT molecular complexity index is 310. The van der Waals surface area contributed by atoms with Crippen LogP contribution in [-0.2, 0) is 4.79 Å². The summed E-state index contributed by atoms with van der Waals surface area (Å²) < 4.78 is 0. The van der Waals surface area contributed by atoms with Crippen LogP contribution in [0.3, 0.4) is 0 Å². The highest BCUT2D eigenvalue weighted by molar-refractivity contribution is 5.75. The van der Waals surface area contributed by atoms with Crippen LogP contribution in [0, 0.1) is 11.3 Å². The molecule has 0 atom stereocenters. The molecule has 6 nitrogen and oxygen atoms in total. The lowest BCUT2D eigenvalue weighted by molar-refractivity contribution is -0.137. The van der Waals surface area contributed by atoms with E-state index in [0.717, 1.165) is 0 Å². The highest BCUT2D eigenvalue weighted by Gasteiger charge is 2.20. The van der Waals surface area contributed by atoms with Crippen LogP contribution in [0.25, 0.3) is 0 Å². The second-order valence-electron chi connectivity index (χ2n) is 4.04. The van der Waals surface area contributed by atoms with Gasteiger partial charge < -0.3 is 14.9 Å². The summed E-state index contributed by atoms with van der Waals surface area (Å²) in [6, 6.07) is 1.74. The first-order valence-electron chi connectivity index (χ1n) is 5.50. The van der Waals surface area contributed by atoms with Crippen molar-refractivity contribution in [3.63, 3.8) is 0 Å². The molecule has 0 fully saturated rings. The van der Waals surface area contributed by atoms with E-state index in [2.05, 4.69) is 0 Å². The van der Waals surface area contributed by atoms with Crippen LogP contribution < -0.4 is 0 Å². The van der Waals surface area contributed by atoms with Crippen LogP contribution in [-0.4, -0.2) is 53.1 Å². The number of aliphatic carboxylic acids is 1. The summed E-state index contributed by atoms with van der Waals surface area (Å²) in [4.78, 5) is 25.3. The maximum absolute atomic E-state index is 12.0. The molecule has 2 amide bonds. The Kier molecular flexibility index (Phi) is 6.71. The molecule has 0 saturated carbocycles. The van der Waals surface area contributed by atoms with Crippen molar-refractivity contribution >= 4 is 12.0 Å². The third kappa shape index (κ3) is 5.76. The monoisotopic (exact) mass is 241 g/mol. The van der Waals surface area contributed by atoms with Crippen molar-refractivity contribution in [1.29, 1.82) is 5.26 Å². The molecule has 96 valence electrons. The van der Waals surface area contributed by atoms with Crippen LogP contribution in [0.1, 0.15) is 26.7 Å². The quantitative estimate of drug-likeness (QED) is 0.755. The first-order chi connectivity index (χ1) is 7.90. The van der Waals surface area contributed by atoms with E-state index in [1.54, 1.807) is 11.9 Å². The number of urea groups is 1. The molecule has 1 N–H and O–H groups in total. The van der Waals surface area contributed by atoms with Gasteiger partial charge in [0.25, 0.3) is 0 Å². The molecule has 0 bridgehead atoms. The summed E-state index contributed by atoms with van der Waals surface area (Å²) in [6.07, 6.45) is 0.198. The van der Waals surface area contributed by atoms with Crippen LogP contribution in [0.5, 0.6) is 0 Å². The second kappa shape index (κ2) is 7.49. The third-order valence-electron chi connectivity index (χ3n) is 2.32. The summed E-state index contributed by atoms with van der Waals surface area (Å²) in [5.41, 5.74) is 0. The number of hydrogen-bond acceptors (Lipinski definition) is 3. The minimum absolute atomic E-state index is 0.0110. The average Bonchev–Trinajstić information content (AvgIpc) is 2.25. The molecular weight excluding hydrogens is 222 g/mol. The average molecular weight is 241 g/mol. The van der Waals surface area contributed by atoms with E-state index < -0.39 is 5.97 Å². The van der Waals surface area contributed by atoms with Crippen molar-refractivity contribution in [3.05, 3.63) is 0 Å². The molecule has 0 aromatic rings. The van der Waals surface area contributed by atoms with Crippen molar-refractivity contribution in [2.75, 3.05) is 20.1 Å². The van der Waals surface area contributed by atoms with Crippen LogP contribution >= 0.6 is 0 Å². The van der Waals surface area contributed by atoms with E-state index in [-0.39, 0.29) is 31.5 Å². The SMILES string of the molecule is CC(C)N(CCC#N)C(=O)N(C)CCC(=O)O. The second-order valence-corrected chi connectivity index (χ2v) is 4.04. The molecule has 0 aliphatic heterocycles. The maximum Gasteiger partial charge on any atom is 0.320 e. The normalized spacial score (nSPS) is 9.82. The van der Waals surface area contributed by atoms with E-state index in [9.17, 15) is 9.59 Å². The van der Waals surface area contributed by atoms with Crippen molar-refractivity contribution in [3.8, 4) is 6.07 Å². The first-order valence-corrected chi connectivity index (χ1v) is 5.50. The summed E-state index contributed by atoms with van der Waals surface area (Å²) in [6.45, 7) is 4.26. The predicted octanol–water partition coefficient (Wildman–Crippen LogP) is 1.14. The molecule has 6 heteroatoms. The van der Waals surface area contributed by atoms with E-state index >= 15 is 0 Å². The Balaban J connectivity index is 4.39. The number of nitrogens with zero attached hydrogens (tertiary/aromatic N) is 3. The van der Waals surface area contributed by atoms with E-state index in [1.165, 1.54) is 4.90 Å². The highest BCUT2D eigenvalue weighted by atomic mass is 16.4. The van der Waals surface area contributed by atoms with Gasteiger partial charge in [-0.3, -0.25) is 4.79 Å². The highest BCUT2D eigenvalue weighted by Crippen LogP contribution is 2.05. The van der Waals surface area contributed by atoms with E-state index in [4.69, 9.17) is 10.4 Å². The van der Waals surface area contributed by atoms with Gasteiger partial charge in [0, 0.05) is 26.2 Å². The number of carbonyl (C=O) groups excluding carboxylic acids is 1. The fourth-order valence-corrected chi connectivity index (χ4v) is 1.32. The molecule has 0 unspecified atom stereocenters. The molecule has 0 heterocycles. The molecule has 0 rings (SSSR count). The molecule has 0 aliphatic carbocycles. The molecule has 0 aromatic heterocycles. The standard InChI is InChI=1S/C11H19N3O3/c1-9(2)14(7-4-6-12)11(17)13(3)8-5-10(15)16/h9H,4-5,7-8H2,1-3H3,(H,15,16). The lowest BCUT2D eigenvalue weighted by atomic mass is 10.3. The van der Waals surface area contributed by atoms with Gasteiger partial charge in [-0.05, 0) is 13.8 Å². The fourth-order valence-electron chi connectivity index (χ4n) is 1.32. The van der Waals surface area contributed by atoms with Crippen molar-refractivity contribution in [2.45, 2.75) is 32.7 Å². The van der Waals surface area contributed by atoms with Gasteiger partial charge in [0.15, 0.2) is 0 Å². The Morgan fingerprint density at radius 3 is 2.35 bits per heavy atom. The summed E-state index contributed by atoms with van der Waals surface area (Å²) in [7, 11) is 1.56. The number of carbonyl (C=O) groups is 2. The lowest BCUT2D eigenvalue weighted by Crippen LogP contribution is -2.45. The van der Waals surface area contributed by atoms with Gasteiger partial charge in [-0.2, -0.15) is 5.26 Å². The van der Waals surface area contributed by atoms with E-state index in [1.807, 2.05) is 19.9 Å². The molecule has 0 radical (unpaired) electrons. The largest absolute Gasteiger partial charge is 0.481 e. The predicted molar refractivity (Wildman–Crippen MR) is 62.4 cm³/mol. The van der Waals surface area contributed by atoms with E-state index in [0.29, 0.717) is 6.54 Å². The Morgan fingerprint density at radius 1 is 1.35 bits per heavy atom. The minimum Gasteiger partial charge on any atom is -0.481 e. The lowest BCUT2D eigenvalue weighted by Gasteiger charge is -2.30. The van der Waals surface area contributed by atoms with Gasteiger partial charge in [0.2, 0.25) is 0 Å². The Labute approximate surface area is 101 Å². The maximum atomic E-state index is 12.0. The summed E-state index contributed by atoms with van der Waals surface area (Å²) >= 11 is 0. The van der Waals surface area contributed by atoms with Gasteiger partial charge in [-0.1, -0.05) is 0 Å². The molecule has 0 aromatic carbocycles. The first kappa shape index (κ1) is 15.2. The van der Waals surface area contributed by atoms with Gasteiger partial charge >= 0.3 is 12.0 Å². The number of carboxylic acid groups (broad SMARTS) is 1. The van der Waals surface area contributed by atoms with Crippen molar-refractivity contribution in [2.24, 2.45) is 0 Å². The van der Waals surface area contributed by atoms with Crippen LogP contribution in [0.4, 0.5) is 4.79 Å². The molecule has 0 spiro atoms. The number of rotatable bonds is 6. The molecule has 17 heavy (non-hydrogen) atoms. The zero-order valence-corrected chi connectivity index (χ0v) is 10.5. The number of hydrogen-bond donors (Lipinski definition) is 1. The zero-order chi connectivity index (χ0) is 13.4. The van der Waals surface area contributed by atoms with Gasteiger partial charge in [-0.25, -0.2) is 4.79 Å². The third-order valence-corrected chi connectivity index (χ3v) is 2.32. The summed E-state index contributed by atoms with van der Waals surface area (Å²) in [5.74, 6) is -0.933. The van der Waals surface area contributed by atoms with Gasteiger partial charge in [-0.15, -0.1) is 0 Å². The molecular formula is C11H19N3O3.